The molecule has 0 aliphatic carbocycles. The lowest BCUT2D eigenvalue weighted by molar-refractivity contribution is 0.0976. The highest BCUT2D eigenvalue weighted by Gasteiger charge is 2.32. The van der Waals surface area contributed by atoms with Gasteiger partial charge in [0.05, 0.1) is 11.9 Å². The molecule has 1 amide bonds. The quantitative estimate of drug-likeness (QED) is 0.679. The van der Waals surface area contributed by atoms with Crippen LogP contribution in [-0.2, 0) is 6.42 Å². The van der Waals surface area contributed by atoms with Crippen LogP contribution in [0, 0.1) is 0 Å². The Morgan fingerprint density at radius 1 is 1.21 bits per heavy atom. The van der Waals surface area contributed by atoms with E-state index in [1.807, 2.05) is 47.4 Å². The average Bonchev–Trinajstić information content (AvgIpc) is 3.18. The lowest BCUT2D eigenvalue weighted by Gasteiger charge is -2.21. The highest BCUT2D eigenvalue weighted by Crippen LogP contribution is 2.32. The summed E-state index contributed by atoms with van der Waals surface area (Å²) in [5.41, 5.74) is 3.36. The van der Waals surface area contributed by atoms with Crippen molar-refractivity contribution in [2.75, 3.05) is 4.90 Å². The standard InChI is InChI=1S/C18H15BrN4O/c1-12-9-13-5-2-3-8-17(13)23(12)18(24)16-11-22(21-20-16)15-7-4-6-14(19)10-15/h2-8,10-12H,9H2,1H3/t12-/m1/s1. The molecule has 0 N–H and O–H groups in total. The second-order valence-electron chi connectivity index (χ2n) is 5.89. The molecule has 2 aromatic carbocycles. The molecule has 1 aliphatic rings. The summed E-state index contributed by atoms with van der Waals surface area (Å²) in [6.45, 7) is 2.05. The summed E-state index contributed by atoms with van der Waals surface area (Å²) in [5.74, 6) is -0.117. The molecule has 3 aromatic rings. The third-order valence-corrected chi connectivity index (χ3v) is 4.70. The second kappa shape index (κ2) is 5.87. The van der Waals surface area contributed by atoms with E-state index in [4.69, 9.17) is 0 Å². The number of nitrogens with zero attached hydrogens (tertiary/aromatic N) is 4. The highest BCUT2D eigenvalue weighted by molar-refractivity contribution is 9.10. The van der Waals surface area contributed by atoms with Crippen molar-refractivity contribution in [1.82, 2.24) is 15.0 Å². The van der Waals surface area contributed by atoms with Crippen LogP contribution >= 0.6 is 15.9 Å². The first kappa shape index (κ1) is 15.1. The SMILES string of the molecule is C[C@@H]1Cc2ccccc2N1C(=O)c1cn(-c2cccc(Br)c2)nn1. The molecule has 1 atom stereocenters. The lowest BCUT2D eigenvalue weighted by atomic mass is 10.1. The summed E-state index contributed by atoms with van der Waals surface area (Å²) in [5, 5.41) is 8.18. The number of benzene rings is 2. The maximum atomic E-state index is 12.9. The van der Waals surface area contributed by atoms with E-state index in [0.717, 1.165) is 22.3 Å². The number of hydrogen-bond donors (Lipinski definition) is 0. The van der Waals surface area contributed by atoms with E-state index in [2.05, 4.69) is 39.2 Å². The van der Waals surface area contributed by atoms with Gasteiger partial charge in [-0.15, -0.1) is 5.10 Å². The van der Waals surface area contributed by atoms with E-state index in [1.54, 1.807) is 10.9 Å². The normalized spacial score (nSPS) is 16.2. The smallest absolute Gasteiger partial charge is 0.280 e. The van der Waals surface area contributed by atoms with Gasteiger partial charge in [0.2, 0.25) is 0 Å². The van der Waals surface area contributed by atoms with Crippen molar-refractivity contribution >= 4 is 27.5 Å². The van der Waals surface area contributed by atoms with Crippen LogP contribution in [0.15, 0.2) is 59.2 Å². The first-order valence-electron chi connectivity index (χ1n) is 7.73. The number of para-hydroxylation sites is 1. The molecule has 24 heavy (non-hydrogen) atoms. The van der Waals surface area contributed by atoms with Crippen LogP contribution < -0.4 is 4.90 Å². The summed E-state index contributed by atoms with van der Waals surface area (Å²) in [7, 11) is 0. The van der Waals surface area contributed by atoms with Crippen molar-refractivity contribution < 1.29 is 4.79 Å². The van der Waals surface area contributed by atoms with Gasteiger partial charge in [0.15, 0.2) is 5.69 Å². The Hall–Kier alpha value is -2.47. The first-order valence-corrected chi connectivity index (χ1v) is 8.52. The third kappa shape index (κ3) is 2.53. The van der Waals surface area contributed by atoms with Gasteiger partial charge >= 0.3 is 0 Å². The van der Waals surface area contributed by atoms with E-state index >= 15 is 0 Å². The van der Waals surface area contributed by atoms with E-state index in [9.17, 15) is 4.79 Å². The summed E-state index contributed by atoms with van der Waals surface area (Å²) in [6.07, 6.45) is 2.54. The van der Waals surface area contributed by atoms with E-state index in [-0.39, 0.29) is 11.9 Å². The molecule has 5 nitrogen and oxygen atoms in total. The highest BCUT2D eigenvalue weighted by atomic mass is 79.9. The minimum atomic E-state index is -0.117. The van der Waals surface area contributed by atoms with Gasteiger partial charge in [0.25, 0.3) is 5.91 Å². The van der Waals surface area contributed by atoms with Crippen LogP contribution in [-0.4, -0.2) is 26.9 Å². The maximum Gasteiger partial charge on any atom is 0.280 e. The molecule has 0 saturated heterocycles. The van der Waals surface area contributed by atoms with Crippen LogP contribution in [0.2, 0.25) is 0 Å². The average molecular weight is 383 g/mol. The van der Waals surface area contributed by atoms with Crippen molar-refractivity contribution in [2.45, 2.75) is 19.4 Å². The number of fused-ring (bicyclic) bond motifs is 1. The summed E-state index contributed by atoms with van der Waals surface area (Å²) >= 11 is 3.44. The van der Waals surface area contributed by atoms with Crippen molar-refractivity contribution in [2.24, 2.45) is 0 Å². The molecular weight excluding hydrogens is 368 g/mol. The number of hydrogen-bond acceptors (Lipinski definition) is 3. The van der Waals surface area contributed by atoms with Crippen molar-refractivity contribution in [3.05, 3.63) is 70.5 Å². The molecule has 0 fully saturated rings. The molecule has 1 aliphatic heterocycles. The lowest BCUT2D eigenvalue weighted by Crippen LogP contribution is -2.35. The summed E-state index contributed by atoms with van der Waals surface area (Å²) in [4.78, 5) is 14.7. The second-order valence-corrected chi connectivity index (χ2v) is 6.80. The maximum absolute atomic E-state index is 12.9. The number of aromatic nitrogens is 3. The van der Waals surface area contributed by atoms with Gasteiger partial charge < -0.3 is 4.90 Å². The minimum absolute atomic E-state index is 0.117. The van der Waals surface area contributed by atoms with Crippen LogP contribution in [0.3, 0.4) is 0 Å². The third-order valence-electron chi connectivity index (χ3n) is 4.21. The number of rotatable bonds is 2. The predicted molar refractivity (Wildman–Crippen MR) is 95.5 cm³/mol. The molecule has 6 heteroatoms. The Kier molecular flexibility index (Phi) is 3.69. The number of carbonyl (C=O) groups excluding carboxylic acids is 1. The monoisotopic (exact) mass is 382 g/mol. The van der Waals surface area contributed by atoms with Gasteiger partial charge in [-0.2, -0.15) is 0 Å². The minimum Gasteiger partial charge on any atom is -0.304 e. The molecule has 0 bridgehead atoms. The molecule has 2 heterocycles. The summed E-state index contributed by atoms with van der Waals surface area (Å²) in [6, 6.07) is 15.8. The van der Waals surface area contributed by atoms with Gasteiger partial charge in [0, 0.05) is 16.2 Å². The molecule has 120 valence electrons. The Bertz CT molecular complexity index is 921. The zero-order chi connectivity index (χ0) is 16.7. The summed E-state index contributed by atoms with van der Waals surface area (Å²) < 4.78 is 2.57. The van der Waals surface area contributed by atoms with Crippen LogP contribution in [0.4, 0.5) is 5.69 Å². The molecule has 0 saturated carbocycles. The molecule has 0 radical (unpaired) electrons. The molecule has 4 rings (SSSR count). The number of amides is 1. The van der Waals surface area contributed by atoms with Gasteiger partial charge in [-0.3, -0.25) is 4.79 Å². The van der Waals surface area contributed by atoms with Crippen molar-refractivity contribution in [3.8, 4) is 5.69 Å². The Balaban J connectivity index is 1.67. The van der Waals surface area contributed by atoms with E-state index in [0.29, 0.717) is 5.69 Å². The fraction of sp³-hybridized carbons (Fsp3) is 0.167. The fourth-order valence-corrected chi connectivity index (χ4v) is 3.49. The number of anilines is 1. The fourth-order valence-electron chi connectivity index (χ4n) is 3.11. The molecular formula is C18H15BrN4O. The Labute approximate surface area is 148 Å². The van der Waals surface area contributed by atoms with Gasteiger partial charge in [-0.05, 0) is 43.2 Å². The first-order chi connectivity index (χ1) is 11.6. The largest absolute Gasteiger partial charge is 0.304 e. The number of carbonyl (C=O) groups is 1. The van der Waals surface area contributed by atoms with Crippen LogP contribution in [0.5, 0.6) is 0 Å². The zero-order valence-corrected chi connectivity index (χ0v) is 14.6. The molecule has 0 spiro atoms. The van der Waals surface area contributed by atoms with Crippen LogP contribution in [0.1, 0.15) is 23.0 Å². The van der Waals surface area contributed by atoms with E-state index < -0.39 is 0 Å². The Morgan fingerprint density at radius 3 is 2.88 bits per heavy atom. The van der Waals surface area contributed by atoms with Crippen molar-refractivity contribution in [1.29, 1.82) is 0 Å². The van der Waals surface area contributed by atoms with Gasteiger partial charge in [-0.1, -0.05) is 45.4 Å². The Morgan fingerprint density at radius 2 is 2.04 bits per heavy atom. The van der Waals surface area contributed by atoms with Gasteiger partial charge in [-0.25, -0.2) is 4.68 Å². The van der Waals surface area contributed by atoms with Crippen molar-refractivity contribution in [3.63, 3.8) is 0 Å². The predicted octanol–water partition coefficient (Wildman–Crippen LogP) is 3.62. The molecule has 1 aromatic heterocycles. The zero-order valence-electron chi connectivity index (χ0n) is 13.1. The molecule has 0 unspecified atom stereocenters. The number of halogens is 1. The topological polar surface area (TPSA) is 51.0 Å². The van der Waals surface area contributed by atoms with E-state index in [1.165, 1.54) is 5.56 Å². The van der Waals surface area contributed by atoms with Crippen LogP contribution in [0.25, 0.3) is 5.69 Å². The van der Waals surface area contributed by atoms with Gasteiger partial charge in [0.1, 0.15) is 0 Å².